The molecule has 0 amide bonds. The summed E-state index contributed by atoms with van der Waals surface area (Å²) in [5.41, 5.74) is 3.50. The molecule has 0 unspecified atom stereocenters. The Morgan fingerprint density at radius 1 is 1.10 bits per heavy atom. The highest BCUT2D eigenvalue weighted by Gasteiger charge is 2.16. The Morgan fingerprint density at radius 2 is 1.71 bits per heavy atom. The van der Waals surface area contributed by atoms with E-state index in [-0.39, 0.29) is 5.69 Å². The van der Waals surface area contributed by atoms with E-state index in [4.69, 9.17) is 0 Å². The van der Waals surface area contributed by atoms with Crippen LogP contribution in [0.25, 0.3) is 22.6 Å². The van der Waals surface area contributed by atoms with Gasteiger partial charge in [-0.05, 0) is 18.2 Å². The summed E-state index contributed by atoms with van der Waals surface area (Å²) in [6, 6.07) is 7.73. The molecule has 3 rings (SSSR count). The fourth-order valence-corrected chi connectivity index (χ4v) is 2.49. The van der Waals surface area contributed by atoms with E-state index in [1.54, 1.807) is 21.8 Å². The van der Waals surface area contributed by atoms with Gasteiger partial charge in [0.15, 0.2) is 5.69 Å². The normalized spacial score (nSPS) is 10.6. The highest BCUT2D eigenvalue weighted by atomic mass is 32.1. The van der Waals surface area contributed by atoms with E-state index in [1.165, 1.54) is 0 Å². The van der Waals surface area contributed by atoms with E-state index in [9.17, 15) is 5.26 Å². The minimum absolute atomic E-state index is 0.285. The summed E-state index contributed by atoms with van der Waals surface area (Å²) in [5, 5.41) is 17.6. The second-order valence-electron chi connectivity index (χ2n) is 4.54. The van der Waals surface area contributed by atoms with Crippen molar-refractivity contribution in [2.45, 2.75) is 4.90 Å². The van der Waals surface area contributed by atoms with Crippen LogP contribution in [0.3, 0.4) is 0 Å². The maximum absolute atomic E-state index is 9.29. The molecule has 0 saturated carbocycles. The summed E-state index contributed by atoms with van der Waals surface area (Å²) in [4.78, 5) is 4.91. The number of nitrogens with zero attached hydrogens (tertiary/aromatic N) is 6. The third-order valence-electron chi connectivity index (χ3n) is 3.28. The maximum atomic E-state index is 9.29. The van der Waals surface area contributed by atoms with Crippen molar-refractivity contribution >= 4 is 12.6 Å². The molecule has 3 aromatic heterocycles. The third-order valence-corrected chi connectivity index (χ3v) is 3.73. The Labute approximate surface area is 127 Å². The van der Waals surface area contributed by atoms with Crippen LogP contribution in [0.1, 0.15) is 5.69 Å². The molecule has 0 N–H and O–H groups in total. The van der Waals surface area contributed by atoms with Gasteiger partial charge in [-0.25, -0.2) is 4.98 Å². The quantitative estimate of drug-likeness (QED) is 0.735. The van der Waals surface area contributed by atoms with Gasteiger partial charge in [-0.3, -0.25) is 9.36 Å². The second kappa shape index (κ2) is 5.07. The smallest absolute Gasteiger partial charge is 0.155 e. The largest absolute Gasteiger partial charge is 0.268 e. The fourth-order valence-electron chi connectivity index (χ4n) is 2.21. The Morgan fingerprint density at radius 3 is 2.24 bits per heavy atom. The number of aryl methyl sites for hydroxylation is 2. The summed E-state index contributed by atoms with van der Waals surface area (Å²) < 4.78 is 3.46. The van der Waals surface area contributed by atoms with Crippen LogP contribution < -0.4 is 0 Å². The van der Waals surface area contributed by atoms with Gasteiger partial charge in [0, 0.05) is 32.1 Å². The van der Waals surface area contributed by atoms with Crippen LogP contribution in [0.15, 0.2) is 35.5 Å². The molecule has 6 nitrogen and oxygen atoms in total. The highest BCUT2D eigenvalue weighted by Crippen LogP contribution is 2.31. The molecule has 0 radical (unpaired) electrons. The summed E-state index contributed by atoms with van der Waals surface area (Å²) in [5.74, 6) is 0. The van der Waals surface area contributed by atoms with Gasteiger partial charge < -0.3 is 0 Å². The van der Waals surface area contributed by atoms with Crippen molar-refractivity contribution in [2.24, 2.45) is 14.1 Å². The number of nitriles is 1. The number of hydrogen-bond donors (Lipinski definition) is 1. The van der Waals surface area contributed by atoms with Crippen molar-refractivity contribution in [1.29, 1.82) is 5.26 Å². The lowest BCUT2D eigenvalue weighted by atomic mass is 10.1. The van der Waals surface area contributed by atoms with E-state index >= 15 is 0 Å². The monoisotopic (exact) mass is 296 g/mol. The molecule has 0 aliphatic rings. The molecule has 3 heterocycles. The van der Waals surface area contributed by atoms with Gasteiger partial charge in [-0.15, -0.1) is 12.6 Å². The second-order valence-corrected chi connectivity index (χ2v) is 4.99. The first kappa shape index (κ1) is 13.4. The van der Waals surface area contributed by atoms with Gasteiger partial charge in [0.05, 0.1) is 22.0 Å². The van der Waals surface area contributed by atoms with Crippen molar-refractivity contribution in [3.05, 3.63) is 36.3 Å². The molecule has 0 spiro atoms. The lowest BCUT2D eigenvalue weighted by Gasteiger charge is -2.10. The molecule has 0 aliphatic carbocycles. The number of hydrogen-bond acceptors (Lipinski definition) is 5. The van der Waals surface area contributed by atoms with Crippen LogP contribution in [0.4, 0.5) is 0 Å². The van der Waals surface area contributed by atoms with Crippen molar-refractivity contribution in [3.8, 4) is 28.7 Å². The lowest BCUT2D eigenvalue weighted by molar-refractivity contribution is 0.770. The minimum Gasteiger partial charge on any atom is -0.268 e. The van der Waals surface area contributed by atoms with Gasteiger partial charge >= 0.3 is 0 Å². The zero-order chi connectivity index (χ0) is 15.0. The van der Waals surface area contributed by atoms with Crippen molar-refractivity contribution in [3.63, 3.8) is 0 Å². The average Bonchev–Trinajstić information content (AvgIpc) is 3.08. The summed E-state index contributed by atoms with van der Waals surface area (Å²) in [7, 11) is 3.68. The predicted octanol–water partition coefficient (Wildman–Crippen LogP) is 2.04. The topological polar surface area (TPSA) is 72.3 Å². The summed E-state index contributed by atoms with van der Waals surface area (Å²) >= 11 is 4.45. The first-order chi connectivity index (χ1) is 10.1. The highest BCUT2D eigenvalue weighted by molar-refractivity contribution is 7.80. The van der Waals surface area contributed by atoms with Gasteiger partial charge in [0.25, 0.3) is 0 Å². The van der Waals surface area contributed by atoms with Crippen molar-refractivity contribution in [1.82, 2.24) is 24.5 Å². The molecule has 0 fully saturated rings. The first-order valence-electron chi connectivity index (χ1n) is 6.22. The number of thiol groups is 1. The molecule has 104 valence electrons. The zero-order valence-electron chi connectivity index (χ0n) is 11.5. The Hall–Kier alpha value is -2.59. The number of aromatic nitrogens is 5. The van der Waals surface area contributed by atoms with Gasteiger partial charge in [-0.2, -0.15) is 15.5 Å². The summed E-state index contributed by atoms with van der Waals surface area (Å²) in [6.45, 7) is 0. The SMILES string of the molecule is Cn1nccc1-c1cc(-c2ccnn2C)c(S)c(C#N)n1. The van der Waals surface area contributed by atoms with Crippen LogP contribution >= 0.6 is 12.6 Å². The average molecular weight is 296 g/mol. The summed E-state index contributed by atoms with van der Waals surface area (Å²) in [6.07, 6.45) is 3.40. The van der Waals surface area contributed by atoms with Gasteiger partial charge in [0.2, 0.25) is 0 Å². The maximum Gasteiger partial charge on any atom is 0.155 e. The molecule has 0 aromatic carbocycles. The molecular formula is C14H12N6S. The van der Waals surface area contributed by atoms with Crippen molar-refractivity contribution < 1.29 is 0 Å². The predicted molar refractivity (Wildman–Crippen MR) is 80.6 cm³/mol. The Balaban J connectivity index is 2.29. The van der Waals surface area contributed by atoms with Crippen LogP contribution in [0.2, 0.25) is 0 Å². The third kappa shape index (κ3) is 2.19. The van der Waals surface area contributed by atoms with E-state index in [1.807, 2.05) is 32.3 Å². The van der Waals surface area contributed by atoms with Crippen LogP contribution in [-0.2, 0) is 14.1 Å². The van der Waals surface area contributed by atoms with E-state index in [0.29, 0.717) is 10.6 Å². The molecule has 0 saturated heterocycles. The number of pyridine rings is 1. The molecule has 0 bridgehead atoms. The van der Waals surface area contributed by atoms with E-state index in [0.717, 1.165) is 17.0 Å². The van der Waals surface area contributed by atoms with Gasteiger partial charge in [-0.1, -0.05) is 0 Å². The standard InChI is InChI=1S/C14H12N6S/c1-19-12(3-5-16-19)9-7-10(13-4-6-17-20(13)2)18-11(8-15)14(9)21/h3-7,21H,1-2H3. The zero-order valence-corrected chi connectivity index (χ0v) is 12.4. The Kier molecular flexibility index (Phi) is 3.23. The minimum atomic E-state index is 0.285. The molecule has 3 aromatic rings. The van der Waals surface area contributed by atoms with E-state index < -0.39 is 0 Å². The van der Waals surface area contributed by atoms with Crippen LogP contribution in [0, 0.1) is 11.3 Å². The molecule has 0 atom stereocenters. The molecular weight excluding hydrogens is 284 g/mol. The fraction of sp³-hybridized carbons (Fsp3) is 0.143. The first-order valence-corrected chi connectivity index (χ1v) is 6.67. The molecule has 21 heavy (non-hydrogen) atoms. The number of rotatable bonds is 2. The molecule has 0 aliphatic heterocycles. The van der Waals surface area contributed by atoms with Crippen LogP contribution in [0.5, 0.6) is 0 Å². The Bertz CT molecular complexity index is 855. The lowest BCUT2D eigenvalue weighted by Crippen LogP contribution is -2.01. The van der Waals surface area contributed by atoms with Crippen LogP contribution in [-0.4, -0.2) is 24.5 Å². The molecule has 7 heteroatoms. The van der Waals surface area contributed by atoms with Gasteiger partial charge in [0.1, 0.15) is 6.07 Å². The van der Waals surface area contributed by atoms with E-state index in [2.05, 4.69) is 33.9 Å². The van der Waals surface area contributed by atoms with Crippen molar-refractivity contribution in [2.75, 3.05) is 0 Å².